The van der Waals surface area contributed by atoms with Crippen LogP contribution < -0.4 is 16.0 Å². The Bertz CT molecular complexity index is 900. The summed E-state index contributed by atoms with van der Waals surface area (Å²) in [5, 5.41) is 11.7. The van der Waals surface area contributed by atoms with E-state index in [1.165, 1.54) is 12.8 Å². The van der Waals surface area contributed by atoms with Crippen LogP contribution in [0.15, 0.2) is 24.5 Å². The van der Waals surface area contributed by atoms with E-state index in [0.717, 1.165) is 67.4 Å². The van der Waals surface area contributed by atoms with Crippen molar-refractivity contribution in [3.8, 4) is 11.1 Å². The largest absolute Gasteiger partial charge is 0.384 e. The maximum absolute atomic E-state index is 6.51. The van der Waals surface area contributed by atoms with Crippen LogP contribution in [0.5, 0.6) is 0 Å². The fraction of sp³-hybridized carbons (Fsp3) is 0.583. The Kier molecular flexibility index (Phi) is 8.11. The normalized spacial score (nSPS) is 21.9. The number of hydrogen-bond acceptors (Lipinski definition) is 6. The van der Waals surface area contributed by atoms with Crippen LogP contribution in [0, 0.1) is 5.92 Å². The molecule has 4 rings (SSSR count). The van der Waals surface area contributed by atoms with E-state index in [0.29, 0.717) is 28.3 Å². The molecule has 0 unspecified atom stereocenters. The van der Waals surface area contributed by atoms with Gasteiger partial charge in [-0.05, 0) is 63.5 Å². The summed E-state index contributed by atoms with van der Waals surface area (Å²) in [6.45, 7) is 3.88. The molecule has 0 spiro atoms. The van der Waals surface area contributed by atoms with Gasteiger partial charge in [0.1, 0.15) is 11.0 Å². The zero-order chi connectivity index (χ0) is 22.5. The maximum Gasteiger partial charge on any atom is 0.137 e. The number of halogens is 2. The molecule has 1 atom stereocenters. The van der Waals surface area contributed by atoms with E-state index in [1.807, 2.05) is 12.1 Å². The number of nitrogens with one attached hydrogen (secondary N) is 3. The minimum Gasteiger partial charge on any atom is -0.384 e. The molecule has 174 valence electrons. The summed E-state index contributed by atoms with van der Waals surface area (Å²) >= 11 is 13.0. The summed E-state index contributed by atoms with van der Waals surface area (Å²) < 4.78 is 5.23. The van der Waals surface area contributed by atoms with E-state index in [2.05, 4.69) is 32.8 Å². The summed E-state index contributed by atoms with van der Waals surface area (Å²) in [5.74, 6) is 1.60. The molecule has 0 bridgehead atoms. The van der Waals surface area contributed by atoms with E-state index in [4.69, 9.17) is 27.9 Å². The zero-order valence-electron chi connectivity index (χ0n) is 18.8. The molecule has 2 fully saturated rings. The lowest BCUT2D eigenvalue weighted by atomic mass is 9.90. The zero-order valence-corrected chi connectivity index (χ0v) is 20.3. The van der Waals surface area contributed by atoms with Gasteiger partial charge in [0, 0.05) is 49.1 Å². The predicted octanol–water partition coefficient (Wildman–Crippen LogP) is 5.62. The second-order valence-electron chi connectivity index (χ2n) is 9.15. The first-order valence-corrected chi connectivity index (χ1v) is 12.3. The van der Waals surface area contributed by atoms with Crippen molar-refractivity contribution in [3.63, 3.8) is 0 Å². The van der Waals surface area contributed by atoms with Crippen molar-refractivity contribution in [1.82, 2.24) is 15.3 Å². The molecule has 0 aromatic carbocycles. The molecule has 0 aliphatic heterocycles. The highest BCUT2D eigenvalue weighted by Gasteiger charge is 2.23. The number of anilines is 2. The molecular weight excluding hydrogens is 445 g/mol. The Balaban J connectivity index is 1.39. The third-order valence-electron chi connectivity index (χ3n) is 6.29. The van der Waals surface area contributed by atoms with E-state index in [-0.39, 0.29) is 0 Å². The Labute approximate surface area is 200 Å². The first-order valence-electron chi connectivity index (χ1n) is 11.6. The Hall–Kier alpha value is -1.60. The molecule has 2 saturated carbocycles. The van der Waals surface area contributed by atoms with Gasteiger partial charge in [-0.15, -0.1) is 0 Å². The SMILES string of the molecule is COC[C@@H](C)N[C@H]1CC[C@H](Nc2cc(-c3cc(NCC4CC4)cnc3Cl)c(Cl)cn2)CC1. The van der Waals surface area contributed by atoms with Crippen LogP contribution in [-0.2, 0) is 4.74 Å². The fourth-order valence-corrected chi connectivity index (χ4v) is 4.77. The van der Waals surface area contributed by atoms with Crippen LogP contribution in [0.1, 0.15) is 45.4 Å². The van der Waals surface area contributed by atoms with Crippen molar-refractivity contribution in [3.05, 3.63) is 34.7 Å². The number of methoxy groups -OCH3 is 1. The van der Waals surface area contributed by atoms with Gasteiger partial charge in [-0.25, -0.2) is 9.97 Å². The summed E-state index contributed by atoms with van der Waals surface area (Å²) in [4.78, 5) is 8.89. The Morgan fingerprint density at radius 3 is 2.47 bits per heavy atom. The van der Waals surface area contributed by atoms with E-state index < -0.39 is 0 Å². The number of pyridine rings is 2. The molecule has 0 saturated heterocycles. The van der Waals surface area contributed by atoms with Crippen LogP contribution in [-0.4, -0.2) is 48.4 Å². The van der Waals surface area contributed by atoms with Gasteiger partial charge in [0.25, 0.3) is 0 Å². The molecule has 3 N–H and O–H groups in total. The van der Waals surface area contributed by atoms with Gasteiger partial charge >= 0.3 is 0 Å². The molecule has 0 amide bonds. The molecule has 2 aromatic rings. The fourth-order valence-electron chi connectivity index (χ4n) is 4.36. The van der Waals surface area contributed by atoms with Crippen molar-refractivity contribution in [1.29, 1.82) is 0 Å². The van der Waals surface area contributed by atoms with Crippen molar-refractivity contribution in [2.24, 2.45) is 5.92 Å². The third kappa shape index (κ3) is 6.47. The average molecular weight is 478 g/mol. The van der Waals surface area contributed by atoms with Crippen LogP contribution in [0.2, 0.25) is 10.2 Å². The minimum absolute atomic E-state index is 0.378. The van der Waals surface area contributed by atoms with Gasteiger partial charge in [-0.1, -0.05) is 23.2 Å². The van der Waals surface area contributed by atoms with Crippen molar-refractivity contribution >= 4 is 34.7 Å². The molecule has 2 aromatic heterocycles. The van der Waals surface area contributed by atoms with Gasteiger partial charge in [0.15, 0.2) is 0 Å². The lowest BCUT2D eigenvalue weighted by Crippen LogP contribution is -2.42. The van der Waals surface area contributed by atoms with E-state index in [9.17, 15) is 0 Å². The standard InChI is InChI=1S/C24H33Cl2N5O/c1-15(14-32-2)30-17-5-7-18(8-6-17)31-23-10-20(22(25)13-28-23)21-9-19(12-29-24(21)26)27-11-16-3-4-16/h9-10,12-13,15-18,27,30H,3-8,11,14H2,1-2H3,(H,28,31)/t15-,17-,18-/m1/s1. The molecule has 2 aliphatic carbocycles. The maximum atomic E-state index is 6.51. The topological polar surface area (TPSA) is 71.1 Å². The van der Waals surface area contributed by atoms with Crippen molar-refractivity contribution in [2.75, 3.05) is 30.9 Å². The Morgan fingerprint density at radius 1 is 1.00 bits per heavy atom. The number of rotatable bonds is 10. The van der Waals surface area contributed by atoms with Crippen LogP contribution in [0.25, 0.3) is 11.1 Å². The second kappa shape index (κ2) is 11.0. The lowest BCUT2D eigenvalue weighted by Gasteiger charge is -2.32. The summed E-state index contributed by atoms with van der Waals surface area (Å²) in [7, 11) is 1.75. The van der Waals surface area contributed by atoms with E-state index >= 15 is 0 Å². The Morgan fingerprint density at radius 2 is 1.75 bits per heavy atom. The molecule has 32 heavy (non-hydrogen) atoms. The number of nitrogens with zero attached hydrogens (tertiary/aromatic N) is 2. The lowest BCUT2D eigenvalue weighted by molar-refractivity contribution is 0.161. The monoisotopic (exact) mass is 477 g/mol. The average Bonchev–Trinajstić information content (AvgIpc) is 3.61. The van der Waals surface area contributed by atoms with Crippen LogP contribution in [0.3, 0.4) is 0 Å². The quantitative estimate of drug-likeness (QED) is 0.385. The molecule has 6 nitrogen and oxygen atoms in total. The van der Waals surface area contributed by atoms with Crippen molar-refractivity contribution < 1.29 is 4.74 Å². The second-order valence-corrected chi connectivity index (χ2v) is 9.92. The van der Waals surface area contributed by atoms with Gasteiger partial charge in [-0.3, -0.25) is 0 Å². The highest BCUT2D eigenvalue weighted by Crippen LogP contribution is 2.36. The number of hydrogen-bond donors (Lipinski definition) is 3. The third-order valence-corrected chi connectivity index (χ3v) is 6.89. The first-order chi connectivity index (χ1) is 15.5. The van der Waals surface area contributed by atoms with Gasteiger partial charge < -0.3 is 20.7 Å². The number of ether oxygens (including phenoxy) is 1. The predicted molar refractivity (Wildman–Crippen MR) is 133 cm³/mol. The summed E-state index contributed by atoms with van der Waals surface area (Å²) in [6.07, 6.45) is 10.5. The molecule has 0 radical (unpaired) electrons. The molecule has 2 heterocycles. The highest BCUT2D eigenvalue weighted by molar-refractivity contribution is 6.36. The molecule has 2 aliphatic rings. The van der Waals surface area contributed by atoms with Crippen molar-refractivity contribution in [2.45, 2.75) is 63.6 Å². The van der Waals surface area contributed by atoms with Gasteiger partial charge in [0.2, 0.25) is 0 Å². The van der Waals surface area contributed by atoms with Crippen LogP contribution in [0.4, 0.5) is 11.5 Å². The highest BCUT2D eigenvalue weighted by atomic mass is 35.5. The van der Waals surface area contributed by atoms with Gasteiger partial charge in [-0.2, -0.15) is 0 Å². The van der Waals surface area contributed by atoms with Gasteiger partial charge in [0.05, 0.1) is 23.5 Å². The molecular formula is C24H33Cl2N5O. The van der Waals surface area contributed by atoms with Crippen LogP contribution >= 0.6 is 23.2 Å². The summed E-state index contributed by atoms with van der Waals surface area (Å²) in [5.41, 5.74) is 2.63. The smallest absolute Gasteiger partial charge is 0.137 e. The van der Waals surface area contributed by atoms with E-state index in [1.54, 1.807) is 19.5 Å². The summed E-state index contributed by atoms with van der Waals surface area (Å²) in [6, 6.07) is 5.33. The minimum atomic E-state index is 0.378. The first kappa shape index (κ1) is 23.6. The number of aromatic nitrogens is 2. The molecule has 8 heteroatoms.